The number of aryl methyl sites for hydroxylation is 2. The van der Waals surface area contributed by atoms with Crippen LogP contribution in [0.5, 0.6) is 5.75 Å². The van der Waals surface area contributed by atoms with Crippen molar-refractivity contribution >= 4 is 23.2 Å². The summed E-state index contributed by atoms with van der Waals surface area (Å²) in [5.74, 6) is 0.850. The Morgan fingerprint density at radius 1 is 1.33 bits per heavy atom. The van der Waals surface area contributed by atoms with E-state index in [9.17, 15) is 4.79 Å². The number of fused-ring (bicyclic) bond motifs is 1. The van der Waals surface area contributed by atoms with Crippen molar-refractivity contribution in [2.75, 3.05) is 6.54 Å². The Morgan fingerprint density at radius 3 is 2.97 bits per heavy atom. The summed E-state index contributed by atoms with van der Waals surface area (Å²) in [6.45, 7) is 6.42. The Labute approximate surface area is 182 Å². The molecule has 1 fully saturated rings. The molecule has 0 saturated carbocycles. The van der Waals surface area contributed by atoms with Gasteiger partial charge in [-0.15, -0.1) is 0 Å². The zero-order valence-electron chi connectivity index (χ0n) is 17.5. The highest BCUT2D eigenvalue weighted by atomic mass is 32.1. The molecule has 3 atom stereocenters. The molecule has 0 aliphatic carbocycles. The van der Waals surface area contributed by atoms with Gasteiger partial charge in [0.2, 0.25) is 5.91 Å². The van der Waals surface area contributed by atoms with E-state index >= 15 is 0 Å². The molecule has 1 amide bonds. The van der Waals surface area contributed by atoms with Crippen LogP contribution in [0.4, 0.5) is 0 Å². The Kier molecular flexibility index (Phi) is 5.85. The molecule has 1 aromatic heterocycles. The summed E-state index contributed by atoms with van der Waals surface area (Å²) in [6, 6.07) is 6.44. The standard InChI is InChI=1S/C22H27N5O2S/c1-12-7-16(27-22(30)26-12)9-19(28)24-11-17-8-15-5-4-6-18(21(15)29-17)20-14(3)23-10-13(2)25-20/h4-6,10,12,16-17H,7-9,11H2,1-3H3,(H,24,28)(H2,26,27,30)/t12-,16+,17-/m1/s1. The molecule has 3 N–H and O–H groups in total. The summed E-state index contributed by atoms with van der Waals surface area (Å²) in [7, 11) is 0. The van der Waals surface area contributed by atoms with Crippen LogP contribution in [0, 0.1) is 13.8 Å². The van der Waals surface area contributed by atoms with Crippen molar-refractivity contribution in [3.05, 3.63) is 41.3 Å². The monoisotopic (exact) mass is 425 g/mol. The lowest BCUT2D eigenvalue weighted by atomic mass is 10.0. The fourth-order valence-electron chi connectivity index (χ4n) is 4.08. The Bertz CT molecular complexity index is 980. The summed E-state index contributed by atoms with van der Waals surface area (Å²) in [5, 5.41) is 9.96. The number of hydrogen-bond acceptors (Lipinski definition) is 5. The molecule has 4 rings (SSSR count). The number of nitrogens with one attached hydrogen (secondary N) is 3. The van der Waals surface area contributed by atoms with Crippen LogP contribution in [0.2, 0.25) is 0 Å². The maximum Gasteiger partial charge on any atom is 0.222 e. The second-order valence-electron chi connectivity index (χ2n) is 8.14. The molecule has 0 unspecified atom stereocenters. The number of benzene rings is 1. The summed E-state index contributed by atoms with van der Waals surface area (Å²) in [5.41, 5.74) is 4.68. The second-order valence-corrected chi connectivity index (χ2v) is 8.55. The van der Waals surface area contributed by atoms with Gasteiger partial charge >= 0.3 is 0 Å². The van der Waals surface area contributed by atoms with Crippen molar-refractivity contribution in [2.45, 2.75) is 58.2 Å². The number of ether oxygens (including phenoxy) is 1. The lowest BCUT2D eigenvalue weighted by Gasteiger charge is -2.30. The SMILES string of the molecule is Cc1cnc(C)c(-c2cccc3c2O[C@@H](CNC(=O)C[C@@H]2C[C@@H](C)NC(=S)N2)C3)n1. The number of rotatable bonds is 5. The van der Waals surface area contributed by atoms with Crippen molar-refractivity contribution in [2.24, 2.45) is 0 Å². The molecule has 30 heavy (non-hydrogen) atoms. The van der Waals surface area contributed by atoms with Crippen LogP contribution in [0.3, 0.4) is 0 Å². The molecule has 1 saturated heterocycles. The number of hydrogen-bond donors (Lipinski definition) is 3. The summed E-state index contributed by atoms with van der Waals surface area (Å²) in [4.78, 5) is 21.5. The van der Waals surface area contributed by atoms with E-state index in [1.165, 1.54) is 0 Å². The number of carbonyl (C=O) groups excluding carboxylic acids is 1. The van der Waals surface area contributed by atoms with Gasteiger partial charge in [0.25, 0.3) is 0 Å². The maximum absolute atomic E-state index is 12.4. The van der Waals surface area contributed by atoms with Crippen LogP contribution >= 0.6 is 12.2 Å². The van der Waals surface area contributed by atoms with Gasteiger partial charge < -0.3 is 20.7 Å². The second kappa shape index (κ2) is 8.55. The van der Waals surface area contributed by atoms with Crippen LogP contribution in [0.25, 0.3) is 11.3 Å². The zero-order chi connectivity index (χ0) is 21.3. The molecular weight excluding hydrogens is 398 g/mol. The number of carbonyl (C=O) groups is 1. The van der Waals surface area contributed by atoms with Gasteiger partial charge in [0.1, 0.15) is 11.9 Å². The summed E-state index contributed by atoms with van der Waals surface area (Å²) < 4.78 is 6.23. The molecule has 0 spiro atoms. The lowest BCUT2D eigenvalue weighted by Crippen LogP contribution is -2.54. The largest absolute Gasteiger partial charge is 0.487 e. The molecule has 0 bridgehead atoms. The van der Waals surface area contributed by atoms with Gasteiger partial charge in [0.15, 0.2) is 5.11 Å². The van der Waals surface area contributed by atoms with E-state index in [0.29, 0.717) is 18.1 Å². The van der Waals surface area contributed by atoms with E-state index in [4.69, 9.17) is 17.0 Å². The highest BCUT2D eigenvalue weighted by molar-refractivity contribution is 7.80. The molecule has 3 heterocycles. The molecule has 7 nitrogen and oxygen atoms in total. The molecular formula is C22H27N5O2S. The Hall–Kier alpha value is -2.74. The first kappa shape index (κ1) is 20.5. The molecule has 8 heteroatoms. The van der Waals surface area contributed by atoms with Gasteiger partial charge in [-0.3, -0.25) is 9.78 Å². The van der Waals surface area contributed by atoms with E-state index < -0.39 is 0 Å². The number of nitrogens with zero attached hydrogens (tertiary/aromatic N) is 2. The van der Waals surface area contributed by atoms with Crippen LogP contribution in [0.1, 0.15) is 36.7 Å². The maximum atomic E-state index is 12.4. The number of thiocarbonyl (C=S) groups is 1. The van der Waals surface area contributed by atoms with Gasteiger partial charge in [0, 0.05) is 36.7 Å². The van der Waals surface area contributed by atoms with Gasteiger partial charge in [-0.2, -0.15) is 0 Å². The molecule has 2 aliphatic rings. The first-order valence-electron chi connectivity index (χ1n) is 10.3. The molecule has 0 radical (unpaired) electrons. The Morgan fingerprint density at radius 2 is 2.17 bits per heavy atom. The van der Waals surface area contributed by atoms with E-state index in [0.717, 1.165) is 46.8 Å². The summed E-state index contributed by atoms with van der Waals surface area (Å²) in [6.07, 6.45) is 3.69. The van der Waals surface area contributed by atoms with Gasteiger partial charge in [-0.05, 0) is 51.0 Å². The van der Waals surface area contributed by atoms with Crippen LogP contribution < -0.4 is 20.7 Å². The Balaban J connectivity index is 1.38. The number of para-hydroxylation sites is 1. The zero-order valence-corrected chi connectivity index (χ0v) is 18.3. The van der Waals surface area contributed by atoms with E-state index in [1.54, 1.807) is 6.20 Å². The molecule has 158 valence electrons. The minimum Gasteiger partial charge on any atom is -0.487 e. The van der Waals surface area contributed by atoms with Crippen LogP contribution in [-0.4, -0.2) is 45.7 Å². The predicted molar refractivity (Wildman–Crippen MR) is 119 cm³/mol. The van der Waals surface area contributed by atoms with E-state index in [2.05, 4.69) is 38.9 Å². The minimum absolute atomic E-state index is 0.00424. The highest BCUT2D eigenvalue weighted by Gasteiger charge is 2.28. The normalized spacial score (nSPS) is 22.5. The van der Waals surface area contributed by atoms with Crippen molar-refractivity contribution < 1.29 is 9.53 Å². The van der Waals surface area contributed by atoms with Crippen molar-refractivity contribution in [1.82, 2.24) is 25.9 Å². The van der Waals surface area contributed by atoms with Crippen LogP contribution in [-0.2, 0) is 11.2 Å². The molecule has 2 aromatic rings. The van der Waals surface area contributed by atoms with E-state index in [-0.39, 0.29) is 24.1 Å². The van der Waals surface area contributed by atoms with E-state index in [1.807, 2.05) is 26.0 Å². The van der Waals surface area contributed by atoms with Crippen molar-refractivity contribution in [3.63, 3.8) is 0 Å². The minimum atomic E-state index is -0.0934. The van der Waals surface area contributed by atoms with Gasteiger partial charge in [-0.25, -0.2) is 4.98 Å². The van der Waals surface area contributed by atoms with Crippen molar-refractivity contribution in [3.8, 4) is 17.0 Å². The fraction of sp³-hybridized carbons (Fsp3) is 0.455. The third kappa shape index (κ3) is 4.53. The average molecular weight is 426 g/mol. The fourth-order valence-corrected chi connectivity index (χ4v) is 4.45. The molecule has 1 aromatic carbocycles. The predicted octanol–water partition coefficient (Wildman–Crippen LogP) is 2.20. The topological polar surface area (TPSA) is 88.2 Å². The first-order chi connectivity index (χ1) is 14.4. The smallest absolute Gasteiger partial charge is 0.222 e. The number of aromatic nitrogens is 2. The van der Waals surface area contributed by atoms with Crippen LogP contribution in [0.15, 0.2) is 24.4 Å². The first-order valence-corrected chi connectivity index (χ1v) is 10.7. The average Bonchev–Trinajstić information content (AvgIpc) is 3.11. The third-order valence-corrected chi connectivity index (χ3v) is 5.70. The lowest BCUT2D eigenvalue weighted by molar-refractivity contribution is -0.121. The molecule has 2 aliphatic heterocycles. The highest BCUT2D eigenvalue weighted by Crippen LogP contribution is 2.38. The van der Waals surface area contributed by atoms with Gasteiger partial charge in [-0.1, -0.05) is 12.1 Å². The van der Waals surface area contributed by atoms with Gasteiger partial charge in [0.05, 0.1) is 23.6 Å². The van der Waals surface area contributed by atoms with Crippen molar-refractivity contribution in [1.29, 1.82) is 0 Å². The quantitative estimate of drug-likeness (QED) is 0.633. The summed E-state index contributed by atoms with van der Waals surface area (Å²) >= 11 is 5.19. The number of amides is 1. The third-order valence-electron chi connectivity index (χ3n) is 5.47.